The smallest absolute Gasteiger partial charge is 0.243 e. The summed E-state index contributed by atoms with van der Waals surface area (Å²) < 4.78 is 33.0. The zero-order chi connectivity index (χ0) is 23.0. The van der Waals surface area contributed by atoms with Crippen molar-refractivity contribution in [2.24, 2.45) is 0 Å². The van der Waals surface area contributed by atoms with Crippen LogP contribution in [0.1, 0.15) is 30.0 Å². The molecule has 0 atom stereocenters. The summed E-state index contributed by atoms with van der Waals surface area (Å²) in [7, 11) is -3.73. The average Bonchev–Trinajstić information content (AvgIpc) is 2.67. The molecule has 0 aliphatic carbocycles. The average molecular weight is 448 g/mol. The molecule has 0 aliphatic rings. The van der Waals surface area contributed by atoms with E-state index in [-0.39, 0.29) is 30.3 Å². The van der Waals surface area contributed by atoms with Crippen molar-refractivity contribution >= 4 is 27.5 Å². The van der Waals surface area contributed by atoms with Crippen LogP contribution in [0.2, 0.25) is 0 Å². The minimum atomic E-state index is -3.73. The maximum atomic E-state index is 12.6. The Kier molecular flexibility index (Phi) is 8.58. The van der Waals surface area contributed by atoms with Crippen molar-refractivity contribution in [3.05, 3.63) is 53.1 Å². The zero-order valence-corrected chi connectivity index (χ0v) is 19.1. The van der Waals surface area contributed by atoms with E-state index in [1.165, 1.54) is 0 Å². The van der Waals surface area contributed by atoms with Crippen molar-refractivity contribution in [1.82, 2.24) is 10.0 Å². The molecule has 0 unspecified atom stereocenters. The maximum Gasteiger partial charge on any atom is 0.243 e. The second-order valence-electron chi connectivity index (χ2n) is 7.16. The molecule has 2 rings (SSSR count). The molecule has 2 aromatic rings. The Morgan fingerprint density at radius 2 is 1.58 bits per heavy atom. The van der Waals surface area contributed by atoms with Gasteiger partial charge in [-0.2, -0.15) is 0 Å². The summed E-state index contributed by atoms with van der Waals surface area (Å²) in [5.74, 6) is -0.113. The summed E-state index contributed by atoms with van der Waals surface area (Å²) in [6.07, 6.45) is -0.0838. The lowest BCUT2D eigenvalue weighted by Gasteiger charge is -2.13. The minimum absolute atomic E-state index is 0.0680. The van der Waals surface area contributed by atoms with E-state index < -0.39 is 15.9 Å². The van der Waals surface area contributed by atoms with Crippen LogP contribution in [-0.2, 0) is 19.6 Å². The summed E-state index contributed by atoms with van der Waals surface area (Å²) >= 11 is 0. The Balaban J connectivity index is 1.78. The van der Waals surface area contributed by atoms with Gasteiger partial charge in [0.25, 0.3) is 0 Å². The number of benzene rings is 2. The molecule has 0 heterocycles. The van der Waals surface area contributed by atoms with Gasteiger partial charge in [-0.25, -0.2) is 13.1 Å². The van der Waals surface area contributed by atoms with Crippen molar-refractivity contribution in [3.63, 3.8) is 0 Å². The Bertz CT molecular complexity index is 1010. The number of aryl methyl sites for hydroxylation is 3. The molecule has 168 valence electrons. The van der Waals surface area contributed by atoms with Gasteiger partial charge in [-0.1, -0.05) is 17.7 Å². The molecule has 0 aromatic heterocycles. The Hall–Kier alpha value is -2.91. The highest BCUT2D eigenvalue weighted by Crippen LogP contribution is 2.21. The number of hydrogen-bond donors (Lipinski definition) is 3. The Morgan fingerprint density at radius 1 is 0.968 bits per heavy atom. The maximum absolute atomic E-state index is 12.6. The van der Waals surface area contributed by atoms with Gasteiger partial charge in [-0.05, 0) is 63.1 Å². The number of rotatable bonds is 10. The van der Waals surface area contributed by atoms with E-state index in [0.717, 1.165) is 5.56 Å². The van der Waals surface area contributed by atoms with Gasteiger partial charge in [0.05, 0.1) is 18.0 Å². The molecule has 2 aromatic carbocycles. The third-order valence-corrected chi connectivity index (χ3v) is 6.18. The van der Waals surface area contributed by atoms with Crippen LogP contribution in [0.25, 0.3) is 0 Å². The van der Waals surface area contributed by atoms with Crippen LogP contribution in [0.5, 0.6) is 5.75 Å². The van der Waals surface area contributed by atoms with E-state index >= 15 is 0 Å². The molecule has 0 aliphatic heterocycles. The summed E-state index contributed by atoms with van der Waals surface area (Å²) in [4.78, 5) is 24.2. The predicted octanol–water partition coefficient (Wildman–Crippen LogP) is 2.43. The summed E-state index contributed by atoms with van der Waals surface area (Å²) in [6.45, 7) is 7.54. The molecule has 8 nitrogen and oxygen atoms in total. The topological polar surface area (TPSA) is 114 Å². The van der Waals surface area contributed by atoms with E-state index in [4.69, 9.17) is 4.74 Å². The first-order chi connectivity index (χ1) is 14.6. The lowest BCUT2D eigenvalue weighted by atomic mass is 10.1. The van der Waals surface area contributed by atoms with Gasteiger partial charge in [0.1, 0.15) is 5.75 Å². The summed E-state index contributed by atoms with van der Waals surface area (Å²) in [5.41, 5.74) is 2.87. The van der Waals surface area contributed by atoms with Gasteiger partial charge in [-0.3, -0.25) is 9.59 Å². The first-order valence-corrected chi connectivity index (χ1v) is 11.5. The number of hydrogen-bond acceptors (Lipinski definition) is 5. The van der Waals surface area contributed by atoms with Crippen LogP contribution in [0.3, 0.4) is 0 Å². The number of carbonyl (C=O) groups excluding carboxylic acids is 2. The molecule has 0 saturated carbocycles. The van der Waals surface area contributed by atoms with Crippen molar-refractivity contribution in [2.45, 2.75) is 39.0 Å². The second-order valence-corrected chi connectivity index (χ2v) is 8.86. The quantitative estimate of drug-likeness (QED) is 0.518. The van der Waals surface area contributed by atoms with Crippen molar-refractivity contribution in [3.8, 4) is 5.75 Å². The number of anilines is 1. The lowest BCUT2D eigenvalue weighted by molar-refractivity contribution is -0.124. The third kappa shape index (κ3) is 7.37. The van der Waals surface area contributed by atoms with E-state index in [1.54, 1.807) is 50.2 Å². The van der Waals surface area contributed by atoms with Gasteiger partial charge in [0, 0.05) is 18.7 Å². The Labute approximate surface area is 183 Å². The predicted molar refractivity (Wildman–Crippen MR) is 120 cm³/mol. The molecule has 0 radical (unpaired) electrons. The van der Waals surface area contributed by atoms with Crippen molar-refractivity contribution in [2.75, 3.05) is 25.0 Å². The van der Waals surface area contributed by atoms with Gasteiger partial charge < -0.3 is 15.4 Å². The lowest BCUT2D eigenvalue weighted by Crippen LogP contribution is -2.35. The molecule has 0 spiro atoms. The van der Waals surface area contributed by atoms with Gasteiger partial charge in [0.2, 0.25) is 21.8 Å². The number of nitrogens with one attached hydrogen (secondary N) is 3. The number of sulfonamides is 1. The molecule has 0 fully saturated rings. The van der Waals surface area contributed by atoms with E-state index in [1.807, 2.05) is 13.8 Å². The second kappa shape index (κ2) is 10.9. The molecule has 31 heavy (non-hydrogen) atoms. The number of carbonyl (C=O) groups is 2. The highest BCUT2D eigenvalue weighted by molar-refractivity contribution is 7.89. The van der Waals surface area contributed by atoms with Crippen LogP contribution in [0, 0.1) is 20.8 Å². The molecule has 2 amide bonds. The zero-order valence-electron chi connectivity index (χ0n) is 18.2. The van der Waals surface area contributed by atoms with Crippen LogP contribution >= 0.6 is 0 Å². The van der Waals surface area contributed by atoms with Crippen LogP contribution in [0.4, 0.5) is 5.69 Å². The van der Waals surface area contributed by atoms with Crippen LogP contribution in [0.15, 0.2) is 41.3 Å². The van der Waals surface area contributed by atoms with Gasteiger partial charge in [-0.15, -0.1) is 0 Å². The molecular formula is C22H29N3O5S. The highest BCUT2D eigenvalue weighted by atomic mass is 32.2. The first-order valence-electron chi connectivity index (χ1n) is 9.99. The number of amides is 2. The van der Waals surface area contributed by atoms with E-state index in [9.17, 15) is 18.0 Å². The Morgan fingerprint density at radius 3 is 2.16 bits per heavy atom. The highest BCUT2D eigenvalue weighted by Gasteiger charge is 2.19. The molecule has 0 saturated heterocycles. The number of ether oxygens (including phenoxy) is 1. The van der Waals surface area contributed by atoms with Crippen molar-refractivity contribution in [1.29, 1.82) is 0 Å². The minimum Gasteiger partial charge on any atom is -0.494 e. The van der Waals surface area contributed by atoms with Crippen LogP contribution in [-0.4, -0.2) is 39.9 Å². The fourth-order valence-electron chi connectivity index (χ4n) is 3.24. The monoisotopic (exact) mass is 447 g/mol. The fourth-order valence-corrected chi connectivity index (χ4v) is 4.72. The van der Waals surface area contributed by atoms with E-state index in [2.05, 4.69) is 15.4 Å². The SMILES string of the molecule is CCOc1ccc(NC(=O)CNC(=O)CCNS(=O)(=O)c2c(C)cc(C)cc2C)cc1. The normalized spacial score (nSPS) is 11.1. The van der Waals surface area contributed by atoms with Crippen LogP contribution < -0.4 is 20.1 Å². The van der Waals surface area contributed by atoms with Crippen molar-refractivity contribution < 1.29 is 22.7 Å². The van der Waals surface area contributed by atoms with Gasteiger partial charge >= 0.3 is 0 Å². The first kappa shape index (κ1) is 24.4. The standard InChI is InChI=1S/C22H29N3O5S/c1-5-30-19-8-6-18(7-9-19)25-21(27)14-23-20(26)10-11-24-31(28,29)22-16(3)12-15(2)13-17(22)4/h6-9,12-13,24H,5,10-11,14H2,1-4H3,(H,23,26)(H,25,27). The summed E-state index contributed by atoms with van der Waals surface area (Å²) in [6, 6.07) is 10.5. The third-order valence-electron chi connectivity index (χ3n) is 4.41. The summed E-state index contributed by atoms with van der Waals surface area (Å²) in [5, 5.41) is 5.14. The molecule has 0 bridgehead atoms. The largest absolute Gasteiger partial charge is 0.494 e. The molecular weight excluding hydrogens is 418 g/mol. The van der Waals surface area contributed by atoms with E-state index in [0.29, 0.717) is 29.2 Å². The molecule has 3 N–H and O–H groups in total. The fraction of sp³-hybridized carbons (Fsp3) is 0.364. The van der Waals surface area contributed by atoms with Gasteiger partial charge in [0.15, 0.2) is 0 Å². The molecule has 9 heteroatoms.